The van der Waals surface area contributed by atoms with Gasteiger partial charge >= 0.3 is 0 Å². The fraction of sp³-hybridized carbons (Fsp3) is 0.308. The van der Waals surface area contributed by atoms with Crippen LogP contribution in [0.3, 0.4) is 0 Å². The molecule has 0 unspecified atom stereocenters. The van der Waals surface area contributed by atoms with Gasteiger partial charge < -0.3 is 5.11 Å². The van der Waals surface area contributed by atoms with Crippen molar-refractivity contribution in [3.63, 3.8) is 0 Å². The second-order valence-electron chi connectivity index (χ2n) is 3.79. The van der Waals surface area contributed by atoms with Gasteiger partial charge in [0.1, 0.15) is 0 Å². The highest BCUT2D eigenvalue weighted by Gasteiger charge is 2.07. The number of aliphatic hydroxyl groups excluding tert-OH is 1. The molecule has 0 aliphatic heterocycles. The SMILES string of the molecule is Cc1nc2ccccc2c(C)c1CCO. The van der Waals surface area contributed by atoms with E-state index in [4.69, 9.17) is 5.11 Å². The molecular weight excluding hydrogens is 186 g/mol. The van der Waals surface area contributed by atoms with E-state index in [0.717, 1.165) is 11.2 Å². The Bertz CT molecular complexity index is 491. The zero-order valence-corrected chi connectivity index (χ0v) is 9.12. The summed E-state index contributed by atoms with van der Waals surface area (Å²) in [7, 11) is 0. The van der Waals surface area contributed by atoms with Gasteiger partial charge in [0.2, 0.25) is 0 Å². The van der Waals surface area contributed by atoms with E-state index in [0.29, 0.717) is 6.42 Å². The minimum absolute atomic E-state index is 0.182. The first-order chi connectivity index (χ1) is 7.24. The van der Waals surface area contributed by atoms with Gasteiger partial charge in [-0.15, -0.1) is 0 Å². The van der Waals surface area contributed by atoms with Crippen molar-refractivity contribution in [2.45, 2.75) is 20.3 Å². The number of rotatable bonds is 2. The lowest BCUT2D eigenvalue weighted by molar-refractivity contribution is 0.299. The number of nitrogens with zero attached hydrogens (tertiary/aromatic N) is 1. The maximum atomic E-state index is 9.01. The van der Waals surface area contributed by atoms with Gasteiger partial charge in [-0.1, -0.05) is 18.2 Å². The molecule has 2 aromatic rings. The molecule has 2 nitrogen and oxygen atoms in total. The summed E-state index contributed by atoms with van der Waals surface area (Å²) in [4.78, 5) is 4.54. The zero-order valence-electron chi connectivity index (χ0n) is 9.12. The largest absolute Gasteiger partial charge is 0.396 e. The molecule has 0 spiro atoms. The van der Waals surface area contributed by atoms with Crippen LogP contribution in [0.4, 0.5) is 0 Å². The highest BCUT2D eigenvalue weighted by Crippen LogP contribution is 2.22. The van der Waals surface area contributed by atoms with E-state index in [-0.39, 0.29) is 6.61 Å². The Morgan fingerprint density at radius 3 is 2.67 bits per heavy atom. The van der Waals surface area contributed by atoms with E-state index in [1.54, 1.807) is 0 Å². The summed E-state index contributed by atoms with van der Waals surface area (Å²) in [5.41, 5.74) is 4.48. The minimum atomic E-state index is 0.182. The van der Waals surface area contributed by atoms with Crippen LogP contribution in [0.2, 0.25) is 0 Å². The first kappa shape index (κ1) is 10.1. The van der Waals surface area contributed by atoms with Gasteiger partial charge in [0.15, 0.2) is 0 Å². The van der Waals surface area contributed by atoms with Gasteiger partial charge in [0.05, 0.1) is 5.52 Å². The Hall–Kier alpha value is -1.41. The first-order valence-corrected chi connectivity index (χ1v) is 5.19. The molecule has 0 saturated carbocycles. The third-order valence-electron chi connectivity index (χ3n) is 2.85. The van der Waals surface area contributed by atoms with Crippen molar-refractivity contribution in [3.05, 3.63) is 41.1 Å². The monoisotopic (exact) mass is 201 g/mol. The van der Waals surface area contributed by atoms with Crippen LogP contribution in [-0.2, 0) is 6.42 Å². The molecule has 0 fully saturated rings. The molecule has 2 heteroatoms. The van der Waals surface area contributed by atoms with E-state index >= 15 is 0 Å². The van der Waals surface area contributed by atoms with E-state index in [2.05, 4.69) is 18.0 Å². The maximum absolute atomic E-state index is 9.01. The van der Waals surface area contributed by atoms with Crippen LogP contribution < -0.4 is 0 Å². The Labute approximate surface area is 89.6 Å². The van der Waals surface area contributed by atoms with Crippen LogP contribution in [0.15, 0.2) is 24.3 Å². The van der Waals surface area contributed by atoms with Gasteiger partial charge in [0.25, 0.3) is 0 Å². The summed E-state index contributed by atoms with van der Waals surface area (Å²) in [6.07, 6.45) is 0.690. The van der Waals surface area contributed by atoms with Crippen molar-refractivity contribution in [1.82, 2.24) is 4.98 Å². The molecule has 0 aliphatic rings. The van der Waals surface area contributed by atoms with Crippen LogP contribution >= 0.6 is 0 Å². The van der Waals surface area contributed by atoms with Gasteiger partial charge in [-0.05, 0) is 37.5 Å². The predicted molar refractivity (Wildman–Crippen MR) is 62.0 cm³/mol. The number of aliphatic hydroxyl groups is 1. The van der Waals surface area contributed by atoms with Crippen LogP contribution in [0.5, 0.6) is 0 Å². The molecule has 2 rings (SSSR count). The van der Waals surface area contributed by atoms with Crippen molar-refractivity contribution < 1.29 is 5.11 Å². The number of pyridine rings is 1. The summed E-state index contributed by atoms with van der Waals surface area (Å²) in [6.45, 7) is 4.29. The summed E-state index contributed by atoms with van der Waals surface area (Å²) >= 11 is 0. The van der Waals surface area contributed by atoms with Crippen LogP contribution in [0, 0.1) is 13.8 Å². The average molecular weight is 201 g/mol. The molecule has 0 aliphatic carbocycles. The van der Waals surface area contributed by atoms with Gasteiger partial charge in [-0.25, -0.2) is 0 Å². The molecule has 0 atom stereocenters. The number of fused-ring (bicyclic) bond motifs is 1. The van der Waals surface area contributed by atoms with E-state index in [9.17, 15) is 0 Å². The molecular formula is C13H15NO. The van der Waals surface area contributed by atoms with E-state index in [1.807, 2.05) is 25.1 Å². The van der Waals surface area contributed by atoms with Crippen LogP contribution in [-0.4, -0.2) is 16.7 Å². The first-order valence-electron chi connectivity index (χ1n) is 5.19. The van der Waals surface area contributed by atoms with Crippen molar-refractivity contribution in [3.8, 4) is 0 Å². The Morgan fingerprint density at radius 2 is 1.93 bits per heavy atom. The Kier molecular flexibility index (Phi) is 2.69. The fourth-order valence-corrected chi connectivity index (χ4v) is 2.05. The second kappa shape index (κ2) is 3.99. The molecule has 78 valence electrons. The quantitative estimate of drug-likeness (QED) is 0.809. The second-order valence-corrected chi connectivity index (χ2v) is 3.79. The third kappa shape index (κ3) is 1.73. The molecule has 1 aromatic carbocycles. The highest BCUT2D eigenvalue weighted by molar-refractivity contribution is 5.83. The van der Waals surface area contributed by atoms with Gasteiger partial charge in [-0.3, -0.25) is 4.98 Å². The molecule has 0 saturated heterocycles. The third-order valence-corrected chi connectivity index (χ3v) is 2.85. The number of aryl methyl sites for hydroxylation is 2. The molecule has 1 N–H and O–H groups in total. The Morgan fingerprint density at radius 1 is 1.20 bits per heavy atom. The number of benzene rings is 1. The van der Waals surface area contributed by atoms with Crippen molar-refractivity contribution in [2.75, 3.05) is 6.61 Å². The number of aromatic nitrogens is 1. The summed E-state index contributed by atoms with van der Waals surface area (Å²) in [6, 6.07) is 8.13. The lowest BCUT2D eigenvalue weighted by atomic mass is 10.00. The van der Waals surface area contributed by atoms with Crippen molar-refractivity contribution in [1.29, 1.82) is 0 Å². The van der Waals surface area contributed by atoms with E-state index < -0.39 is 0 Å². The molecule has 1 heterocycles. The summed E-state index contributed by atoms with van der Waals surface area (Å²) in [5.74, 6) is 0. The Balaban J connectivity index is 2.72. The molecule has 1 aromatic heterocycles. The number of para-hydroxylation sites is 1. The van der Waals surface area contributed by atoms with Crippen molar-refractivity contribution in [2.24, 2.45) is 0 Å². The lowest BCUT2D eigenvalue weighted by Gasteiger charge is -2.11. The lowest BCUT2D eigenvalue weighted by Crippen LogP contribution is -2.01. The highest BCUT2D eigenvalue weighted by atomic mass is 16.2. The van der Waals surface area contributed by atoms with Gasteiger partial charge in [-0.2, -0.15) is 0 Å². The predicted octanol–water partition coefficient (Wildman–Crippen LogP) is 2.39. The molecule has 15 heavy (non-hydrogen) atoms. The summed E-state index contributed by atoms with van der Waals surface area (Å²) < 4.78 is 0. The molecule has 0 bridgehead atoms. The standard InChI is InChI=1S/C13H15NO/c1-9-11(7-8-15)10(2)14-13-6-4-3-5-12(9)13/h3-6,15H,7-8H2,1-2H3. The van der Waals surface area contributed by atoms with Crippen LogP contribution in [0.25, 0.3) is 10.9 Å². The van der Waals surface area contributed by atoms with Crippen LogP contribution in [0.1, 0.15) is 16.8 Å². The van der Waals surface area contributed by atoms with E-state index in [1.165, 1.54) is 16.5 Å². The average Bonchev–Trinajstić information content (AvgIpc) is 2.24. The minimum Gasteiger partial charge on any atom is -0.396 e. The topological polar surface area (TPSA) is 33.1 Å². The van der Waals surface area contributed by atoms with Gasteiger partial charge in [0, 0.05) is 17.7 Å². The smallest absolute Gasteiger partial charge is 0.0708 e. The fourth-order valence-electron chi connectivity index (χ4n) is 2.05. The molecule has 0 amide bonds. The normalized spacial score (nSPS) is 10.9. The maximum Gasteiger partial charge on any atom is 0.0708 e. The number of hydrogen-bond donors (Lipinski definition) is 1. The zero-order chi connectivity index (χ0) is 10.8. The summed E-state index contributed by atoms with van der Waals surface area (Å²) in [5, 5.41) is 10.2. The molecule has 0 radical (unpaired) electrons. The van der Waals surface area contributed by atoms with Crippen molar-refractivity contribution >= 4 is 10.9 Å². The number of hydrogen-bond acceptors (Lipinski definition) is 2.